The predicted molar refractivity (Wildman–Crippen MR) is 162 cm³/mol. The fraction of sp³-hybridized carbons (Fsp3) is 0.152. The normalized spacial score (nSPS) is 11.5. The van der Waals surface area contributed by atoms with Crippen LogP contribution in [0.1, 0.15) is 68.5 Å². The first-order valence-electron chi connectivity index (χ1n) is 13.2. The van der Waals surface area contributed by atoms with Crippen molar-refractivity contribution in [1.29, 1.82) is 0 Å². The Morgan fingerprint density at radius 3 is 2.02 bits per heavy atom. The van der Waals surface area contributed by atoms with Crippen LogP contribution in [0.3, 0.4) is 0 Å². The van der Waals surface area contributed by atoms with Crippen LogP contribution in [0, 0.1) is 0 Å². The average Bonchev–Trinajstić information content (AvgIpc) is 3.00. The van der Waals surface area contributed by atoms with Crippen molar-refractivity contribution in [2.24, 2.45) is 10.9 Å². The van der Waals surface area contributed by atoms with Gasteiger partial charge in [-0.3, -0.25) is 9.59 Å². The molecule has 5 N–H and O–H groups in total. The molecule has 0 aliphatic heterocycles. The molecule has 9 heteroatoms. The molecule has 0 heterocycles. The van der Waals surface area contributed by atoms with Gasteiger partial charge in [0.05, 0.1) is 16.9 Å². The molecule has 0 saturated carbocycles. The summed E-state index contributed by atoms with van der Waals surface area (Å²) >= 11 is 0. The van der Waals surface area contributed by atoms with Gasteiger partial charge in [0.25, 0.3) is 11.8 Å². The zero-order valence-corrected chi connectivity index (χ0v) is 23.5. The molecule has 0 atom stereocenters. The van der Waals surface area contributed by atoms with E-state index in [1.165, 1.54) is 24.3 Å². The SMILES string of the molecule is CC(C)(C)c1ccc(C(=O)Nc2cc(C(=O)OCc3ccccc3)ccc2NC(=O)c2cccc(C(N)=NO)c2)cc1. The van der Waals surface area contributed by atoms with Crippen molar-refractivity contribution in [2.45, 2.75) is 32.8 Å². The number of carbonyl (C=O) groups is 3. The van der Waals surface area contributed by atoms with E-state index in [0.717, 1.165) is 11.1 Å². The molecule has 42 heavy (non-hydrogen) atoms. The summed E-state index contributed by atoms with van der Waals surface area (Å²) in [4.78, 5) is 39.2. The average molecular weight is 565 g/mol. The van der Waals surface area contributed by atoms with E-state index < -0.39 is 17.8 Å². The first kappa shape index (κ1) is 29.5. The van der Waals surface area contributed by atoms with Gasteiger partial charge < -0.3 is 26.3 Å². The van der Waals surface area contributed by atoms with Crippen molar-refractivity contribution in [1.82, 2.24) is 0 Å². The monoisotopic (exact) mass is 564 g/mol. The van der Waals surface area contributed by atoms with Gasteiger partial charge in [-0.2, -0.15) is 0 Å². The molecule has 4 rings (SSSR count). The van der Waals surface area contributed by atoms with Crippen molar-refractivity contribution in [3.05, 3.63) is 130 Å². The van der Waals surface area contributed by atoms with Gasteiger partial charge in [0.2, 0.25) is 0 Å². The summed E-state index contributed by atoms with van der Waals surface area (Å²) < 4.78 is 5.46. The Kier molecular flexibility index (Phi) is 9.02. The Hall–Kier alpha value is -5.44. The molecule has 0 radical (unpaired) electrons. The van der Waals surface area contributed by atoms with Crippen LogP contribution in [-0.4, -0.2) is 28.8 Å². The Morgan fingerprint density at radius 2 is 1.36 bits per heavy atom. The van der Waals surface area contributed by atoms with Crippen LogP contribution >= 0.6 is 0 Å². The molecule has 0 bridgehead atoms. The van der Waals surface area contributed by atoms with Crippen LogP contribution < -0.4 is 16.4 Å². The van der Waals surface area contributed by atoms with Crippen LogP contribution in [-0.2, 0) is 16.8 Å². The van der Waals surface area contributed by atoms with Gasteiger partial charge in [-0.15, -0.1) is 0 Å². The van der Waals surface area contributed by atoms with E-state index >= 15 is 0 Å². The summed E-state index contributed by atoms with van der Waals surface area (Å²) in [6, 6.07) is 27.2. The van der Waals surface area contributed by atoms with Crippen LogP contribution in [0.5, 0.6) is 0 Å². The highest BCUT2D eigenvalue weighted by Crippen LogP contribution is 2.27. The minimum Gasteiger partial charge on any atom is -0.457 e. The molecule has 0 saturated heterocycles. The van der Waals surface area contributed by atoms with Gasteiger partial charge in [-0.1, -0.05) is 80.5 Å². The molecule has 214 valence electrons. The summed E-state index contributed by atoms with van der Waals surface area (Å²) in [5, 5.41) is 17.5. The number of amidine groups is 1. The maximum Gasteiger partial charge on any atom is 0.338 e. The second kappa shape index (κ2) is 12.8. The summed E-state index contributed by atoms with van der Waals surface area (Å²) in [6.07, 6.45) is 0. The second-order valence-corrected chi connectivity index (χ2v) is 10.6. The Balaban J connectivity index is 1.61. The van der Waals surface area contributed by atoms with Crippen molar-refractivity contribution in [3.8, 4) is 0 Å². The number of nitrogens with two attached hydrogens (primary N) is 1. The molecule has 0 aliphatic rings. The number of nitrogens with zero attached hydrogens (tertiary/aromatic N) is 1. The number of amides is 2. The third kappa shape index (κ3) is 7.39. The zero-order chi connectivity index (χ0) is 30.3. The van der Waals surface area contributed by atoms with Crippen LogP contribution in [0.25, 0.3) is 0 Å². The number of esters is 1. The van der Waals surface area contributed by atoms with E-state index in [4.69, 9.17) is 15.7 Å². The maximum absolute atomic E-state index is 13.2. The summed E-state index contributed by atoms with van der Waals surface area (Å²) in [7, 11) is 0. The third-order valence-corrected chi connectivity index (χ3v) is 6.51. The van der Waals surface area contributed by atoms with Gasteiger partial charge in [0.15, 0.2) is 5.84 Å². The minimum atomic E-state index is -0.590. The lowest BCUT2D eigenvalue weighted by Gasteiger charge is -2.19. The molecule has 2 amide bonds. The molecule has 4 aromatic carbocycles. The molecular weight excluding hydrogens is 532 g/mol. The first-order chi connectivity index (χ1) is 20.0. The summed E-state index contributed by atoms with van der Waals surface area (Å²) in [6.45, 7) is 6.33. The molecule has 4 aromatic rings. The van der Waals surface area contributed by atoms with Crippen molar-refractivity contribution < 1.29 is 24.3 Å². The number of oxime groups is 1. The molecule has 9 nitrogen and oxygen atoms in total. The quantitative estimate of drug-likeness (QED) is 0.0686. The largest absolute Gasteiger partial charge is 0.457 e. The molecule has 0 unspecified atom stereocenters. The van der Waals surface area contributed by atoms with Gasteiger partial charge in [-0.25, -0.2) is 4.79 Å². The standard InChI is InChI=1S/C33H32N4O5/c1-33(2,3)26-15-12-22(13-16-26)30(38)36-28-19-25(32(40)42-20-21-8-5-4-6-9-21)14-17-27(28)35-31(39)24-11-7-10-23(18-24)29(34)37-41/h4-19,41H,20H2,1-3H3,(H2,34,37)(H,35,39)(H,36,38). The van der Waals surface area contributed by atoms with Crippen molar-refractivity contribution >= 4 is 35.0 Å². The number of carbonyl (C=O) groups excluding carboxylic acids is 3. The zero-order valence-electron chi connectivity index (χ0n) is 23.5. The number of benzene rings is 4. The highest BCUT2D eigenvalue weighted by Gasteiger charge is 2.18. The summed E-state index contributed by atoms with van der Waals surface area (Å²) in [5.41, 5.74) is 9.14. The second-order valence-electron chi connectivity index (χ2n) is 10.6. The highest BCUT2D eigenvalue weighted by atomic mass is 16.5. The molecule has 0 aromatic heterocycles. The molecular formula is C33H32N4O5. The van der Waals surface area contributed by atoms with Gasteiger partial charge in [0.1, 0.15) is 6.61 Å². The highest BCUT2D eigenvalue weighted by molar-refractivity contribution is 6.11. The Morgan fingerprint density at radius 1 is 0.738 bits per heavy atom. The van der Waals surface area contributed by atoms with Gasteiger partial charge >= 0.3 is 5.97 Å². The number of hydrogen-bond acceptors (Lipinski definition) is 6. The van der Waals surface area contributed by atoms with Crippen LogP contribution in [0.4, 0.5) is 11.4 Å². The Bertz CT molecular complexity index is 1620. The van der Waals surface area contributed by atoms with E-state index in [0.29, 0.717) is 11.1 Å². The van der Waals surface area contributed by atoms with Crippen LogP contribution in [0.15, 0.2) is 102 Å². The van der Waals surface area contributed by atoms with E-state index in [1.54, 1.807) is 30.3 Å². The molecule has 0 aliphatic carbocycles. The number of anilines is 2. The fourth-order valence-electron chi connectivity index (χ4n) is 4.08. The van der Waals surface area contributed by atoms with E-state index in [9.17, 15) is 14.4 Å². The minimum absolute atomic E-state index is 0.0775. The van der Waals surface area contributed by atoms with Gasteiger partial charge in [0, 0.05) is 16.7 Å². The van der Waals surface area contributed by atoms with Gasteiger partial charge in [-0.05, 0) is 59.0 Å². The van der Waals surface area contributed by atoms with E-state index in [-0.39, 0.29) is 40.4 Å². The third-order valence-electron chi connectivity index (χ3n) is 6.51. The smallest absolute Gasteiger partial charge is 0.338 e. The molecule has 0 fully saturated rings. The maximum atomic E-state index is 13.2. The van der Waals surface area contributed by atoms with Crippen LogP contribution in [0.2, 0.25) is 0 Å². The number of rotatable bonds is 8. The van der Waals surface area contributed by atoms with Crippen molar-refractivity contribution in [2.75, 3.05) is 10.6 Å². The first-order valence-corrected chi connectivity index (χ1v) is 13.2. The summed E-state index contributed by atoms with van der Waals surface area (Å²) in [5.74, 6) is -1.66. The Labute approximate surface area is 244 Å². The van der Waals surface area contributed by atoms with Crippen molar-refractivity contribution in [3.63, 3.8) is 0 Å². The van der Waals surface area contributed by atoms with E-state index in [1.807, 2.05) is 42.5 Å². The lowest BCUT2D eigenvalue weighted by Crippen LogP contribution is -2.19. The lowest BCUT2D eigenvalue weighted by molar-refractivity contribution is 0.0472. The molecule has 0 spiro atoms. The number of nitrogens with one attached hydrogen (secondary N) is 2. The number of ether oxygens (including phenoxy) is 1. The topological polar surface area (TPSA) is 143 Å². The predicted octanol–water partition coefficient (Wildman–Crippen LogP) is 5.94. The van der Waals surface area contributed by atoms with E-state index in [2.05, 4.69) is 36.6 Å². The number of hydrogen-bond donors (Lipinski definition) is 4. The fourth-order valence-corrected chi connectivity index (χ4v) is 4.08. The lowest BCUT2D eigenvalue weighted by atomic mass is 9.87.